The van der Waals surface area contributed by atoms with E-state index in [1.807, 2.05) is 6.08 Å². The third kappa shape index (κ3) is 5.32. The third-order valence-corrected chi connectivity index (χ3v) is 0.526. The largest absolute Gasteiger partial charge is 0.398 e. The lowest BCUT2D eigenvalue weighted by Crippen LogP contribution is -1.76. The predicted octanol–water partition coefficient (Wildman–Crippen LogP) is 1.27. The van der Waals surface area contributed by atoms with Crippen LogP contribution in [-0.2, 0) is 0 Å². The first-order chi connectivity index (χ1) is 3.27. The van der Waals surface area contributed by atoms with Crippen LogP contribution in [0.15, 0.2) is 18.0 Å². The molecule has 0 fully saturated rings. The number of nitrogens with two attached hydrogens (primary N) is 1. The standard InChI is InChI=1S/C6H11N/c1-6(2)4-3-5-7/h4-6H,7H2,1-2H3. The topological polar surface area (TPSA) is 26.0 Å². The Bertz CT molecular complexity index is 86.4. The molecule has 0 radical (unpaired) electrons. The summed E-state index contributed by atoms with van der Waals surface area (Å²) in [5, 5.41) is 0. The number of hydrogen-bond acceptors (Lipinski definition) is 1. The molecule has 0 aliphatic carbocycles. The molecule has 1 nitrogen and oxygen atoms in total. The molecule has 0 heterocycles. The summed E-state index contributed by atoms with van der Waals surface area (Å²) in [6.45, 7) is 4.16. The van der Waals surface area contributed by atoms with Gasteiger partial charge in [-0.05, 0) is 12.0 Å². The van der Waals surface area contributed by atoms with Crippen LogP contribution >= 0.6 is 0 Å². The fourth-order valence-corrected chi connectivity index (χ4v) is 0.248. The minimum absolute atomic E-state index is 0.555. The van der Waals surface area contributed by atoms with Crippen LogP contribution in [0.4, 0.5) is 0 Å². The normalized spacial score (nSPS) is 7.86. The molecule has 0 bridgehead atoms. The van der Waals surface area contributed by atoms with E-state index in [1.54, 1.807) is 0 Å². The summed E-state index contributed by atoms with van der Waals surface area (Å²) in [4.78, 5) is 0. The van der Waals surface area contributed by atoms with Crippen molar-refractivity contribution in [2.45, 2.75) is 13.8 Å². The lowest BCUT2D eigenvalue weighted by Gasteiger charge is -1.84. The van der Waals surface area contributed by atoms with Crippen LogP contribution in [0.3, 0.4) is 0 Å². The van der Waals surface area contributed by atoms with Gasteiger partial charge in [0, 0.05) is 6.20 Å². The van der Waals surface area contributed by atoms with Crippen LogP contribution in [0.1, 0.15) is 13.8 Å². The van der Waals surface area contributed by atoms with Crippen LogP contribution in [-0.4, -0.2) is 0 Å². The van der Waals surface area contributed by atoms with Crippen LogP contribution in [0.5, 0.6) is 0 Å². The Morgan fingerprint density at radius 3 is 2.29 bits per heavy atom. The molecule has 40 valence electrons. The Hall–Kier alpha value is -0.680. The summed E-state index contributed by atoms with van der Waals surface area (Å²) in [7, 11) is 0. The highest BCUT2D eigenvalue weighted by Gasteiger charge is 1.76. The second-order valence-corrected chi connectivity index (χ2v) is 1.74. The minimum Gasteiger partial charge on any atom is -0.398 e. The van der Waals surface area contributed by atoms with Gasteiger partial charge in [0.15, 0.2) is 0 Å². The molecule has 0 aromatic heterocycles. The van der Waals surface area contributed by atoms with Crippen molar-refractivity contribution < 1.29 is 0 Å². The quantitative estimate of drug-likeness (QED) is 0.490. The van der Waals surface area contributed by atoms with Gasteiger partial charge in [-0.1, -0.05) is 13.8 Å². The van der Waals surface area contributed by atoms with E-state index in [4.69, 9.17) is 5.73 Å². The Morgan fingerprint density at radius 1 is 1.57 bits per heavy atom. The van der Waals surface area contributed by atoms with E-state index < -0.39 is 0 Å². The molecule has 0 spiro atoms. The van der Waals surface area contributed by atoms with Crippen molar-refractivity contribution in [3.05, 3.63) is 18.0 Å². The molecule has 0 aliphatic rings. The Morgan fingerprint density at radius 2 is 2.14 bits per heavy atom. The van der Waals surface area contributed by atoms with E-state index in [2.05, 4.69) is 19.6 Å². The Kier molecular flexibility index (Phi) is 3.17. The molecule has 0 amide bonds. The minimum atomic E-state index is 0.555. The molecular formula is C6H11N. The van der Waals surface area contributed by atoms with Crippen molar-refractivity contribution in [2.75, 3.05) is 0 Å². The van der Waals surface area contributed by atoms with Crippen molar-refractivity contribution in [1.29, 1.82) is 0 Å². The lowest BCUT2D eigenvalue weighted by molar-refractivity contribution is 0.833. The lowest BCUT2D eigenvalue weighted by atomic mass is 10.2. The maximum atomic E-state index is 5.01. The molecule has 1 heteroatoms. The van der Waals surface area contributed by atoms with Crippen molar-refractivity contribution in [2.24, 2.45) is 11.7 Å². The molecule has 0 rings (SSSR count). The van der Waals surface area contributed by atoms with E-state index >= 15 is 0 Å². The summed E-state index contributed by atoms with van der Waals surface area (Å²) >= 11 is 0. The fourth-order valence-electron chi connectivity index (χ4n) is 0.248. The van der Waals surface area contributed by atoms with Gasteiger partial charge in [0.05, 0.1) is 0 Å². The maximum Gasteiger partial charge on any atom is 0.0368 e. The van der Waals surface area contributed by atoms with Crippen molar-refractivity contribution >= 4 is 0 Å². The van der Waals surface area contributed by atoms with Gasteiger partial charge in [-0.15, -0.1) is 5.73 Å². The zero-order valence-electron chi connectivity index (χ0n) is 4.81. The summed E-state index contributed by atoms with van der Waals surface area (Å²) in [6.07, 6.45) is 3.33. The highest BCUT2D eigenvalue weighted by molar-refractivity contribution is 4.82. The van der Waals surface area contributed by atoms with E-state index in [0.717, 1.165) is 0 Å². The van der Waals surface area contributed by atoms with Gasteiger partial charge in [0.2, 0.25) is 0 Å². The number of rotatable bonds is 1. The van der Waals surface area contributed by atoms with Gasteiger partial charge in [0.1, 0.15) is 0 Å². The molecule has 7 heavy (non-hydrogen) atoms. The van der Waals surface area contributed by atoms with Crippen LogP contribution < -0.4 is 5.73 Å². The molecule has 0 atom stereocenters. The summed E-state index contributed by atoms with van der Waals surface area (Å²) in [5.41, 5.74) is 7.78. The molecule has 0 saturated heterocycles. The SMILES string of the molecule is CC(C)C=C=CN. The fraction of sp³-hybridized carbons (Fsp3) is 0.500. The molecule has 2 N–H and O–H groups in total. The molecule has 0 aromatic carbocycles. The summed E-state index contributed by atoms with van der Waals surface area (Å²) < 4.78 is 0. The highest BCUT2D eigenvalue weighted by atomic mass is 14.5. The average Bonchev–Trinajstić information content (AvgIpc) is 1.61. The third-order valence-electron chi connectivity index (χ3n) is 0.526. The second-order valence-electron chi connectivity index (χ2n) is 1.74. The summed E-state index contributed by atoms with van der Waals surface area (Å²) in [5.74, 6) is 0.555. The second kappa shape index (κ2) is 3.51. The zero-order chi connectivity index (χ0) is 5.70. The van der Waals surface area contributed by atoms with E-state index in [1.165, 1.54) is 6.20 Å². The maximum absolute atomic E-state index is 5.01. The first-order valence-electron chi connectivity index (χ1n) is 2.40. The van der Waals surface area contributed by atoms with E-state index in [0.29, 0.717) is 5.92 Å². The van der Waals surface area contributed by atoms with Crippen molar-refractivity contribution in [1.82, 2.24) is 0 Å². The Balaban J connectivity index is 3.46. The monoisotopic (exact) mass is 97.1 g/mol. The predicted molar refractivity (Wildman–Crippen MR) is 31.7 cm³/mol. The van der Waals surface area contributed by atoms with Gasteiger partial charge in [-0.2, -0.15) is 0 Å². The average molecular weight is 97.2 g/mol. The molecular weight excluding hydrogens is 86.1 g/mol. The Labute approximate surface area is 44.5 Å². The van der Waals surface area contributed by atoms with E-state index in [-0.39, 0.29) is 0 Å². The molecule has 0 saturated carbocycles. The highest BCUT2D eigenvalue weighted by Crippen LogP contribution is 1.89. The number of allylic oxidation sites excluding steroid dienone is 1. The van der Waals surface area contributed by atoms with Crippen LogP contribution in [0, 0.1) is 5.92 Å². The van der Waals surface area contributed by atoms with Crippen LogP contribution in [0.25, 0.3) is 0 Å². The molecule has 0 unspecified atom stereocenters. The molecule has 0 aromatic rings. The smallest absolute Gasteiger partial charge is 0.0368 e. The van der Waals surface area contributed by atoms with Gasteiger partial charge >= 0.3 is 0 Å². The van der Waals surface area contributed by atoms with E-state index in [9.17, 15) is 0 Å². The van der Waals surface area contributed by atoms with Crippen molar-refractivity contribution in [3.63, 3.8) is 0 Å². The summed E-state index contributed by atoms with van der Waals surface area (Å²) in [6, 6.07) is 0. The van der Waals surface area contributed by atoms with Crippen LogP contribution in [0.2, 0.25) is 0 Å². The zero-order valence-corrected chi connectivity index (χ0v) is 4.81. The van der Waals surface area contributed by atoms with Gasteiger partial charge in [-0.3, -0.25) is 0 Å². The van der Waals surface area contributed by atoms with Gasteiger partial charge in [-0.25, -0.2) is 0 Å². The molecule has 0 aliphatic heterocycles. The van der Waals surface area contributed by atoms with Crippen molar-refractivity contribution in [3.8, 4) is 0 Å². The first kappa shape index (κ1) is 6.32. The number of hydrogen-bond donors (Lipinski definition) is 1. The van der Waals surface area contributed by atoms with Gasteiger partial charge < -0.3 is 5.73 Å². The first-order valence-corrected chi connectivity index (χ1v) is 2.40. The van der Waals surface area contributed by atoms with Gasteiger partial charge in [0.25, 0.3) is 0 Å².